The summed E-state index contributed by atoms with van der Waals surface area (Å²) in [6.45, 7) is 4.24. The minimum atomic E-state index is -0.212. The predicted molar refractivity (Wildman–Crippen MR) is 95.3 cm³/mol. The number of aromatic nitrogens is 2. The number of rotatable bonds is 5. The van der Waals surface area contributed by atoms with Crippen molar-refractivity contribution in [2.24, 2.45) is 0 Å². The van der Waals surface area contributed by atoms with Gasteiger partial charge in [0.2, 0.25) is 11.7 Å². The van der Waals surface area contributed by atoms with E-state index in [1.165, 1.54) is 0 Å². The van der Waals surface area contributed by atoms with E-state index in [2.05, 4.69) is 26.3 Å². The van der Waals surface area contributed by atoms with E-state index >= 15 is 0 Å². The number of carbonyl (C=O) groups is 2. The third-order valence-corrected chi connectivity index (χ3v) is 3.57. The van der Waals surface area contributed by atoms with Crippen LogP contribution in [-0.4, -0.2) is 26.8 Å². The van der Waals surface area contributed by atoms with Gasteiger partial charge in [-0.15, -0.1) is 17.0 Å². The number of hydrogen-bond acceptors (Lipinski definition) is 3. The van der Waals surface area contributed by atoms with Gasteiger partial charge in [0.25, 0.3) is 0 Å². The number of amides is 1. The van der Waals surface area contributed by atoms with E-state index in [0.29, 0.717) is 29.2 Å². The van der Waals surface area contributed by atoms with Crippen LogP contribution in [0.1, 0.15) is 28.7 Å². The molecule has 118 valence electrons. The Morgan fingerprint density at radius 2 is 1.91 bits per heavy atom. The molecule has 1 aromatic heterocycles. The van der Waals surface area contributed by atoms with Gasteiger partial charge in [0.15, 0.2) is 0 Å². The van der Waals surface area contributed by atoms with Crippen molar-refractivity contribution >= 4 is 50.3 Å². The van der Waals surface area contributed by atoms with Crippen LogP contribution in [0.5, 0.6) is 0 Å². The van der Waals surface area contributed by atoms with Crippen molar-refractivity contribution in [1.29, 1.82) is 0 Å². The molecule has 0 saturated heterocycles. The van der Waals surface area contributed by atoms with E-state index in [0.717, 1.165) is 0 Å². The summed E-state index contributed by atoms with van der Waals surface area (Å²) < 4.78 is 1.62. The van der Waals surface area contributed by atoms with Crippen molar-refractivity contribution in [3.8, 4) is 0 Å². The second-order valence-corrected chi connectivity index (χ2v) is 5.06. The summed E-state index contributed by atoms with van der Waals surface area (Å²) in [5, 5.41) is 7.24. The van der Waals surface area contributed by atoms with E-state index in [9.17, 15) is 9.59 Å². The molecule has 0 aliphatic heterocycles. The van der Waals surface area contributed by atoms with E-state index < -0.39 is 0 Å². The van der Waals surface area contributed by atoms with Gasteiger partial charge in [0.1, 0.15) is 5.69 Å². The number of aryl methyl sites for hydroxylation is 2. The van der Waals surface area contributed by atoms with Crippen LogP contribution in [0.3, 0.4) is 0 Å². The number of ketones is 1. The highest BCUT2D eigenvalue weighted by Crippen LogP contribution is 2.23. The summed E-state index contributed by atoms with van der Waals surface area (Å²) in [7, 11) is 0. The molecule has 2 aromatic rings. The van der Waals surface area contributed by atoms with Crippen molar-refractivity contribution in [3.05, 3.63) is 47.3 Å². The lowest BCUT2D eigenvalue weighted by Gasteiger charge is -2.08. The Morgan fingerprint density at radius 1 is 1.27 bits per heavy atom. The first-order valence-corrected chi connectivity index (χ1v) is 7.73. The Kier molecular flexibility index (Phi) is 6.96. The summed E-state index contributed by atoms with van der Waals surface area (Å²) >= 11 is 3.10. The van der Waals surface area contributed by atoms with Crippen molar-refractivity contribution in [3.63, 3.8) is 0 Å². The number of carbonyl (C=O) groups excluding carboxylic acids is 2. The van der Waals surface area contributed by atoms with Crippen molar-refractivity contribution in [2.45, 2.75) is 20.4 Å². The van der Waals surface area contributed by atoms with Gasteiger partial charge < -0.3 is 5.32 Å². The zero-order chi connectivity index (χ0) is 15.4. The van der Waals surface area contributed by atoms with Crippen LogP contribution in [0.25, 0.3) is 0 Å². The maximum Gasteiger partial charge on any atom is 0.235 e. The molecule has 0 unspecified atom stereocenters. The van der Waals surface area contributed by atoms with Crippen LogP contribution in [0.2, 0.25) is 0 Å². The van der Waals surface area contributed by atoms with Crippen molar-refractivity contribution in [2.75, 3.05) is 10.6 Å². The Bertz CT molecular complexity index is 669. The van der Waals surface area contributed by atoms with Crippen LogP contribution in [0.4, 0.5) is 5.69 Å². The third kappa shape index (κ3) is 3.84. The van der Waals surface area contributed by atoms with Crippen molar-refractivity contribution in [1.82, 2.24) is 9.78 Å². The quantitative estimate of drug-likeness (QED) is 0.584. The van der Waals surface area contributed by atoms with Crippen molar-refractivity contribution < 1.29 is 9.59 Å². The monoisotopic (exact) mass is 429 g/mol. The van der Waals surface area contributed by atoms with Crippen LogP contribution in [0, 0.1) is 6.92 Å². The molecule has 0 spiro atoms. The minimum absolute atomic E-state index is 0. The van der Waals surface area contributed by atoms with Gasteiger partial charge in [0.05, 0.1) is 16.7 Å². The number of anilines is 1. The number of nitrogens with one attached hydrogen (secondary N) is 1. The second-order valence-electron chi connectivity index (χ2n) is 4.50. The molecule has 0 atom stereocenters. The van der Waals surface area contributed by atoms with Gasteiger partial charge in [-0.1, -0.05) is 46.3 Å². The van der Waals surface area contributed by atoms with E-state index in [4.69, 9.17) is 0 Å². The molecule has 2 rings (SSSR count). The topological polar surface area (TPSA) is 64.0 Å². The average molecular weight is 431 g/mol. The number of nitrogens with zero attached hydrogens (tertiary/aromatic N) is 2. The molecule has 1 heterocycles. The number of benzene rings is 1. The van der Waals surface area contributed by atoms with Gasteiger partial charge in [-0.2, -0.15) is 5.10 Å². The molecule has 1 N–H and O–H groups in total. The maximum atomic E-state index is 12.7. The minimum Gasteiger partial charge on any atom is -0.322 e. The lowest BCUT2D eigenvalue weighted by Crippen LogP contribution is -2.17. The number of alkyl halides is 1. The van der Waals surface area contributed by atoms with Crippen LogP contribution >= 0.6 is 32.9 Å². The van der Waals surface area contributed by atoms with Crippen LogP contribution in [0.15, 0.2) is 30.3 Å². The fourth-order valence-electron chi connectivity index (χ4n) is 2.09. The summed E-state index contributed by atoms with van der Waals surface area (Å²) in [5.74, 6) is -0.362. The first kappa shape index (κ1) is 18.6. The summed E-state index contributed by atoms with van der Waals surface area (Å²) in [6, 6.07) is 8.97. The molecule has 0 saturated carbocycles. The maximum absolute atomic E-state index is 12.7. The number of halogens is 2. The van der Waals surface area contributed by atoms with Crippen LogP contribution < -0.4 is 5.32 Å². The SMILES string of the molecule is Br.CCn1nc(C)c(NC(=O)CBr)c1C(=O)c1ccccc1. The average Bonchev–Trinajstić information content (AvgIpc) is 2.83. The second kappa shape index (κ2) is 8.24. The Morgan fingerprint density at radius 3 is 2.45 bits per heavy atom. The third-order valence-electron chi connectivity index (χ3n) is 3.06. The summed E-state index contributed by atoms with van der Waals surface area (Å²) in [6.07, 6.45) is 0. The molecule has 1 aromatic carbocycles. The highest BCUT2D eigenvalue weighted by Gasteiger charge is 2.23. The standard InChI is InChI=1S/C15H16BrN3O2.BrH/c1-3-19-14(15(21)11-7-5-4-6-8-11)13(10(2)18-19)17-12(20)9-16;/h4-8H,3,9H2,1-2H3,(H,17,20);1H. The smallest absolute Gasteiger partial charge is 0.235 e. The highest BCUT2D eigenvalue weighted by atomic mass is 79.9. The van der Waals surface area contributed by atoms with E-state index in [1.54, 1.807) is 23.7 Å². The first-order chi connectivity index (χ1) is 10.1. The molecule has 22 heavy (non-hydrogen) atoms. The molecule has 0 aliphatic carbocycles. The largest absolute Gasteiger partial charge is 0.322 e. The van der Waals surface area contributed by atoms with Gasteiger partial charge in [0, 0.05) is 12.1 Å². The number of hydrogen-bond donors (Lipinski definition) is 1. The van der Waals surface area contributed by atoms with Gasteiger partial charge in [-0.25, -0.2) is 0 Å². The summed E-state index contributed by atoms with van der Waals surface area (Å²) in [5.41, 5.74) is 2.09. The lowest BCUT2D eigenvalue weighted by molar-refractivity contribution is -0.113. The molecular weight excluding hydrogens is 414 g/mol. The molecule has 1 amide bonds. The van der Waals surface area contributed by atoms with Gasteiger partial charge >= 0.3 is 0 Å². The first-order valence-electron chi connectivity index (χ1n) is 6.61. The molecule has 7 heteroatoms. The Labute approximate surface area is 148 Å². The molecule has 0 fully saturated rings. The molecule has 0 radical (unpaired) electrons. The fourth-order valence-corrected chi connectivity index (χ4v) is 2.23. The normalized spacial score (nSPS) is 9.95. The van der Waals surface area contributed by atoms with Crippen LogP contribution in [-0.2, 0) is 11.3 Å². The Balaban J connectivity index is 0.00000242. The van der Waals surface area contributed by atoms with E-state index in [1.807, 2.05) is 25.1 Å². The zero-order valence-electron chi connectivity index (χ0n) is 12.3. The predicted octanol–water partition coefficient (Wildman–Crippen LogP) is 3.35. The van der Waals surface area contributed by atoms with Gasteiger partial charge in [-0.3, -0.25) is 14.3 Å². The molecule has 0 aliphatic rings. The summed E-state index contributed by atoms with van der Waals surface area (Å²) in [4.78, 5) is 24.3. The molecule has 5 nitrogen and oxygen atoms in total. The Hall–Kier alpha value is -1.47. The zero-order valence-corrected chi connectivity index (χ0v) is 15.6. The molecule has 0 bridgehead atoms. The molecular formula is C15H17Br2N3O2. The fraction of sp³-hybridized carbons (Fsp3) is 0.267. The highest BCUT2D eigenvalue weighted by molar-refractivity contribution is 9.09. The lowest BCUT2D eigenvalue weighted by atomic mass is 10.1. The van der Waals surface area contributed by atoms with E-state index in [-0.39, 0.29) is 34.0 Å². The van der Waals surface area contributed by atoms with Gasteiger partial charge in [-0.05, 0) is 13.8 Å².